The van der Waals surface area contributed by atoms with Crippen LogP contribution in [0.5, 0.6) is 0 Å². The number of benzene rings is 2. The van der Waals surface area contributed by atoms with E-state index in [0.717, 1.165) is 25.7 Å². The molecular weight excluding hydrogens is 396 g/mol. The van der Waals surface area contributed by atoms with Crippen LogP contribution in [0.25, 0.3) is 0 Å². The zero-order valence-electron chi connectivity index (χ0n) is 19.7. The number of hydrogen-bond donors (Lipinski definition) is 1. The Morgan fingerprint density at radius 2 is 1.53 bits per heavy atom. The van der Waals surface area contributed by atoms with Crippen molar-refractivity contribution in [1.82, 2.24) is 10.2 Å². The molecule has 2 amide bonds. The minimum atomic E-state index is -0.408. The molecule has 4 nitrogen and oxygen atoms in total. The molecule has 2 aromatic carbocycles. The first-order chi connectivity index (χ1) is 15.6. The Morgan fingerprint density at radius 1 is 0.906 bits per heavy atom. The third kappa shape index (κ3) is 6.94. The highest BCUT2D eigenvalue weighted by atomic mass is 16.2. The minimum Gasteiger partial charge on any atom is -0.352 e. The Morgan fingerprint density at radius 3 is 2.16 bits per heavy atom. The van der Waals surface area contributed by atoms with Crippen LogP contribution >= 0.6 is 0 Å². The fourth-order valence-electron chi connectivity index (χ4n) is 4.60. The van der Waals surface area contributed by atoms with Gasteiger partial charge in [-0.1, -0.05) is 81.3 Å². The maximum absolute atomic E-state index is 13.3. The van der Waals surface area contributed by atoms with E-state index in [-0.39, 0.29) is 17.9 Å². The summed E-state index contributed by atoms with van der Waals surface area (Å²) in [6.45, 7) is 4.71. The van der Waals surface area contributed by atoms with E-state index in [4.69, 9.17) is 0 Å². The molecule has 1 saturated carbocycles. The van der Waals surface area contributed by atoms with Crippen molar-refractivity contribution in [3.05, 3.63) is 71.3 Å². The Hall–Kier alpha value is -2.62. The van der Waals surface area contributed by atoms with E-state index in [1.807, 2.05) is 30.0 Å². The molecule has 1 aliphatic rings. The van der Waals surface area contributed by atoms with Gasteiger partial charge < -0.3 is 10.2 Å². The fraction of sp³-hybridized carbons (Fsp3) is 0.500. The maximum Gasteiger partial charge on any atom is 0.243 e. The van der Waals surface area contributed by atoms with Crippen LogP contribution in [-0.2, 0) is 28.9 Å². The normalized spacial score (nSPS) is 14.8. The zero-order chi connectivity index (χ0) is 22.8. The van der Waals surface area contributed by atoms with Crippen LogP contribution in [0.2, 0.25) is 0 Å². The third-order valence-corrected chi connectivity index (χ3v) is 6.63. The molecule has 3 rings (SSSR count). The second kappa shape index (κ2) is 12.4. The second-order valence-corrected chi connectivity index (χ2v) is 8.91. The predicted molar refractivity (Wildman–Crippen MR) is 130 cm³/mol. The van der Waals surface area contributed by atoms with Gasteiger partial charge in [0.05, 0.1) is 0 Å². The standard InChI is InChI=1S/C28H38N2O2/c1-3-22-14-16-24(17-15-22)18-19-27(31)30(21-20-23-10-6-5-7-11-23)26(4-2)28(32)29-25-12-8-9-13-25/h5-7,10-11,14-17,25-26H,3-4,8-9,12-13,18-21H2,1-2H3,(H,29,32)/t26-/m1/s1. The van der Waals surface area contributed by atoms with Gasteiger partial charge in [0.1, 0.15) is 6.04 Å². The van der Waals surface area contributed by atoms with Crippen molar-refractivity contribution in [3.63, 3.8) is 0 Å². The molecule has 0 bridgehead atoms. The summed E-state index contributed by atoms with van der Waals surface area (Å²) in [5.74, 6) is 0.0713. The first kappa shape index (κ1) is 24.0. The van der Waals surface area contributed by atoms with Gasteiger partial charge in [0.2, 0.25) is 11.8 Å². The highest BCUT2D eigenvalue weighted by Crippen LogP contribution is 2.19. The van der Waals surface area contributed by atoms with Gasteiger partial charge in [0, 0.05) is 19.0 Å². The maximum atomic E-state index is 13.3. The number of nitrogens with one attached hydrogen (secondary N) is 1. The van der Waals surface area contributed by atoms with Crippen molar-refractivity contribution in [2.24, 2.45) is 0 Å². The van der Waals surface area contributed by atoms with Crippen molar-refractivity contribution in [1.29, 1.82) is 0 Å². The molecule has 1 aliphatic carbocycles. The number of rotatable bonds is 11. The summed E-state index contributed by atoms with van der Waals surface area (Å²) in [4.78, 5) is 28.3. The molecule has 0 saturated heterocycles. The number of carbonyl (C=O) groups is 2. The van der Waals surface area contributed by atoms with Gasteiger partial charge in [0.15, 0.2) is 0 Å². The van der Waals surface area contributed by atoms with E-state index in [1.165, 1.54) is 29.5 Å². The third-order valence-electron chi connectivity index (χ3n) is 6.63. The highest BCUT2D eigenvalue weighted by Gasteiger charge is 2.30. The molecule has 0 aliphatic heterocycles. The van der Waals surface area contributed by atoms with Gasteiger partial charge in [-0.25, -0.2) is 0 Å². The molecule has 1 N–H and O–H groups in total. The van der Waals surface area contributed by atoms with Crippen LogP contribution in [-0.4, -0.2) is 35.3 Å². The van der Waals surface area contributed by atoms with Gasteiger partial charge in [-0.3, -0.25) is 9.59 Å². The Labute approximate surface area is 193 Å². The lowest BCUT2D eigenvalue weighted by Gasteiger charge is -2.31. The van der Waals surface area contributed by atoms with Crippen molar-refractivity contribution in [2.75, 3.05) is 6.54 Å². The molecular formula is C28H38N2O2. The number of aryl methyl sites for hydroxylation is 2. The smallest absolute Gasteiger partial charge is 0.243 e. The molecule has 0 spiro atoms. The quantitative estimate of drug-likeness (QED) is 0.535. The number of hydrogen-bond acceptors (Lipinski definition) is 2. The van der Waals surface area contributed by atoms with Crippen molar-refractivity contribution in [2.45, 2.75) is 83.7 Å². The summed E-state index contributed by atoms with van der Waals surface area (Å²) in [5, 5.41) is 3.22. The lowest BCUT2D eigenvalue weighted by molar-refractivity contribution is -0.141. The molecule has 0 heterocycles. The summed E-state index contributed by atoms with van der Waals surface area (Å²) in [7, 11) is 0. The SMILES string of the molecule is CCc1ccc(CCC(=O)N(CCc2ccccc2)[C@H](CC)C(=O)NC2CCCC2)cc1. The minimum absolute atomic E-state index is 0.00751. The lowest BCUT2D eigenvalue weighted by atomic mass is 10.0. The fourth-order valence-corrected chi connectivity index (χ4v) is 4.60. The van der Waals surface area contributed by atoms with E-state index < -0.39 is 6.04 Å². The topological polar surface area (TPSA) is 49.4 Å². The molecule has 32 heavy (non-hydrogen) atoms. The summed E-state index contributed by atoms with van der Waals surface area (Å²) in [5.41, 5.74) is 3.66. The van der Waals surface area contributed by atoms with Crippen LogP contribution in [0.4, 0.5) is 0 Å². The van der Waals surface area contributed by atoms with E-state index in [2.05, 4.69) is 48.6 Å². The Bertz CT molecular complexity index is 841. The average molecular weight is 435 g/mol. The van der Waals surface area contributed by atoms with Gasteiger partial charge in [-0.05, 0) is 55.2 Å². The lowest BCUT2D eigenvalue weighted by Crippen LogP contribution is -2.51. The van der Waals surface area contributed by atoms with Gasteiger partial charge in [-0.2, -0.15) is 0 Å². The molecule has 4 heteroatoms. The summed E-state index contributed by atoms with van der Waals surface area (Å²) in [6.07, 6.45) is 7.97. The monoisotopic (exact) mass is 434 g/mol. The van der Waals surface area contributed by atoms with Gasteiger partial charge in [-0.15, -0.1) is 0 Å². The van der Waals surface area contributed by atoms with Gasteiger partial charge in [0.25, 0.3) is 0 Å². The molecule has 1 atom stereocenters. The first-order valence-corrected chi connectivity index (χ1v) is 12.3. The summed E-state index contributed by atoms with van der Waals surface area (Å²) < 4.78 is 0. The van der Waals surface area contributed by atoms with Crippen LogP contribution in [0.15, 0.2) is 54.6 Å². The second-order valence-electron chi connectivity index (χ2n) is 8.91. The van der Waals surface area contributed by atoms with Gasteiger partial charge >= 0.3 is 0 Å². The van der Waals surface area contributed by atoms with E-state index in [1.54, 1.807) is 0 Å². The molecule has 0 unspecified atom stereocenters. The average Bonchev–Trinajstić information content (AvgIpc) is 3.34. The number of amides is 2. The highest BCUT2D eigenvalue weighted by molar-refractivity contribution is 5.88. The van der Waals surface area contributed by atoms with Crippen LogP contribution in [0, 0.1) is 0 Å². The van der Waals surface area contributed by atoms with Crippen molar-refractivity contribution in [3.8, 4) is 0 Å². The summed E-state index contributed by atoms with van der Waals surface area (Å²) in [6, 6.07) is 18.6. The largest absolute Gasteiger partial charge is 0.352 e. The predicted octanol–water partition coefficient (Wildman–Crippen LogP) is 5.09. The first-order valence-electron chi connectivity index (χ1n) is 12.3. The van der Waals surface area contributed by atoms with Crippen molar-refractivity contribution >= 4 is 11.8 Å². The number of nitrogens with zero attached hydrogens (tertiary/aromatic N) is 1. The van der Waals surface area contributed by atoms with E-state index in [0.29, 0.717) is 25.8 Å². The van der Waals surface area contributed by atoms with E-state index >= 15 is 0 Å². The summed E-state index contributed by atoms with van der Waals surface area (Å²) >= 11 is 0. The zero-order valence-corrected chi connectivity index (χ0v) is 19.7. The van der Waals surface area contributed by atoms with Crippen molar-refractivity contribution < 1.29 is 9.59 Å². The molecule has 172 valence electrons. The molecule has 0 aromatic heterocycles. The van der Waals surface area contributed by atoms with E-state index in [9.17, 15) is 9.59 Å². The Kier molecular flexibility index (Phi) is 9.33. The van der Waals surface area contributed by atoms with Crippen LogP contribution in [0.1, 0.15) is 69.1 Å². The molecule has 1 fully saturated rings. The molecule has 0 radical (unpaired) electrons. The van der Waals surface area contributed by atoms with Crippen LogP contribution in [0.3, 0.4) is 0 Å². The number of carbonyl (C=O) groups excluding carboxylic acids is 2. The van der Waals surface area contributed by atoms with Crippen LogP contribution < -0.4 is 5.32 Å². The molecule has 2 aromatic rings. The Balaban J connectivity index is 1.68.